The van der Waals surface area contributed by atoms with Gasteiger partial charge in [0.05, 0.1) is 5.02 Å². The van der Waals surface area contributed by atoms with E-state index in [1.165, 1.54) is 4.90 Å². The molecule has 0 spiro atoms. The van der Waals surface area contributed by atoms with Crippen molar-refractivity contribution in [2.75, 3.05) is 12.5 Å². The van der Waals surface area contributed by atoms with E-state index in [1.54, 1.807) is 23.5 Å². The van der Waals surface area contributed by atoms with Crippen LogP contribution in [-0.2, 0) is 0 Å². The Bertz CT molecular complexity index is 248. The maximum absolute atomic E-state index is 5.92. The molecular weight excluding hydrogens is 196 g/mol. The minimum Gasteiger partial charge on any atom is -0.130 e. The Morgan fingerprint density at radius 2 is 1.91 bits per heavy atom. The average molecular weight is 205 g/mol. The lowest BCUT2D eigenvalue weighted by Crippen LogP contribution is -1.74. The molecule has 0 amide bonds. The molecule has 0 aromatic heterocycles. The largest absolute Gasteiger partial charge is 0.130 e. The molecule has 0 heterocycles. The van der Waals surface area contributed by atoms with Crippen LogP contribution in [0.15, 0.2) is 28.0 Å². The molecule has 0 nitrogen and oxygen atoms in total. The van der Waals surface area contributed by atoms with Crippen LogP contribution in [0.25, 0.3) is 0 Å². The molecule has 0 saturated heterocycles. The zero-order valence-electron chi connectivity index (χ0n) is 6.43. The fourth-order valence-electron chi connectivity index (χ4n) is 0.767. The van der Waals surface area contributed by atoms with Crippen LogP contribution < -0.4 is 0 Å². The van der Waals surface area contributed by atoms with Crippen molar-refractivity contribution >= 4 is 35.1 Å². The Labute approximate surface area is 80.7 Å². The molecule has 0 unspecified atom stereocenters. The number of rotatable bonds is 2. The van der Waals surface area contributed by atoms with Crippen molar-refractivity contribution in [1.29, 1.82) is 0 Å². The topological polar surface area (TPSA) is 0 Å². The first-order chi connectivity index (χ1) is 5.27. The molecule has 0 bridgehead atoms. The third kappa shape index (κ3) is 2.32. The molecular formula is C8H9ClS2. The van der Waals surface area contributed by atoms with E-state index in [0.717, 1.165) is 9.92 Å². The summed E-state index contributed by atoms with van der Waals surface area (Å²) < 4.78 is 0. The van der Waals surface area contributed by atoms with Crippen LogP contribution >= 0.6 is 35.1 Å². The molecule has 0 aliphatic rings. The summed E-state index contributed by atoms with van der Waals surface area (Å²) in [6, 6.07) is 6.09. The molecule has 1 aromatic rings. The Hall–Kier alpha value is 0.210. The van der Waals surface area contributed by atoms with Gasteiger partial charge in [0, 0.05) is 9.79 Å². The second kappa shape index (κ2) is 4.29. The van der Waals surface area contributed by atoms with Crippen LogP contribution in [0.3, 0.4) is 0 Å². The molecule has 0 aliphatic heterocycles. The van der Waals surface area contributed by atoms with E-state index in [1.807, 2.05) is 18.4 Å². The summed E-state index contributed by atoms with van der Waals surface area (Å²) in [6.45, 7) is 0. The van der Waals surface area contributed by atoms with E-state index in [0.29, 0.717) is 0 Å². The van der Waals surface area contributed by atoms with Crippen molar-refractivity contribution in [3.8, 4) is 0 Å². The summed E-state index contributed by atoms with van der Waals surface area (Å²) in [7, 11) is 0. The Balaban J connectivity index is 3.02. The van der Waals surface area contributed by atoms with Crippen LogP contribution in [0.5, 0.6) is 0 Å². The van der Waals surface area contributed by atoms with E-state index in [4.69, 9.17) is 11.6 Å². The van der Waals surface area contributed by atoms with Crippen molar-refractivity contribution in [1.82, 2.24) is 0 Å². The molecule has 0 aliphatic carbocycles. The number of hydrogen-bond donors (Lipinski definition) is 0. The summed E-state index contributed by atoms with van der Waals surface area (Å²) in [6.07, 6.45) is 4.10. The maximum atomic E-state index is 5.92. The van der Waals surface area contributed by atoms with E-state index in [2.05, 4.69) is 12.3 Å². The van der Waals surface area contributed by atoms with Crippen molar-refractivity contribution in [2.24, 2.45) is 0 Å². The van der Waals surface area contributed by atoms with Gasteiger partial charge in [-0.05, 0) is 30.7 Å². The number of thioether (sulfide) groups is 2. The van der Waals surface area contributed by atoms with Crippen LogP contribution in [0.1, 0.15) is 0 Å². The number of benzene rings is 1. The van der Waals surface area contributed by atoms with Crippen molar-refractivity contribution in [3.05, 3.63) is 23.2 Å². The van der Waals surface area contributed by atoms with Gasteiger partial charge in [0.15, 0.2) is 0 Å². The lowest BCUT2D eigenvalue weighted by atomic mass is 10.4. The number of halogens is 1. The molecule has 0 fully saturated rings. The fourth-order valence-corrected chi connectivity index (χ4v) is 2.14. The van der Waals surface area contributed by atoms with Crippen molar-refractivity contribution in [2.45, 2.75) is 9.79 Å². The SMILES string of the molecule is CSc1ccc(Cl)c(SC)c1. The normalized spacial score (nSPS) is 10.1. The molecule has 11 heavy (non-hydrogen) atoms. The van der Waals surface area contributed by atoms with Gasteiger partial charge in [-0.15, -0.1) is 23.5 Å². The predicted molar refractivity (Wildman–Crippen MR) is 55.0 cm³/mol. The van der Waals surface area contributed by atoms with Crippen LogP contribution in [0, 0.1) is 0 Å². The maximum Gasteiger partial charge on any atom is 0.0542 e. The Kier molecular flexibility index (Phi) is 3.63. The third-order valence-corrected chi connectivity index (χ3v) is 3.30. The van der Waals surface area contributed by atoms with Gasteiger partial charge in [-0.2, -0.15) is 0 Å². The first-order valence-corrected chi connectivity index (χ1v) is 5.98. The lowest BCUT2D eigenvalue weighted by molar-refractivity contribution is 1.34. The van der Waals surface area contributed by atoms with Gasteiger partial charge in [0.1, 0.15) is 0 Å². The highest BCUT2D eigenvalue weighted by atomic mass is 35.5. The summed E-state index contributed by atoms with van der Waals surface area (Å²) in [5.74, 6) is 0. The summed E-state index contributed by atoms with van der Waals surface area (Å²) >= 11 is 9.34. The van der Waals surface area contributed by atoms with Gasteiger partial charge in [0.25, 0.3) is 0 Å². The van der Waals surface area contributed by atoms with Gasteiger partial charge < -0.3 is 0 Å². The van der Waals surface area contributed by atoms with Crippen molar-refractivity contribution in [3.63, 3.8) is 0 Å². The van der Waals surface area contributed by atoms with Crippen LogP contribution in [-0.4, -0.2) is 12.5 Å². The van der Waals surface area contributed by atoms with Gasteiger partial charge in [-0.3, -0.25) is 0 Å². The average Bonchev–Trinajstić information content (AvgIpc) is 2.05. The van der Waals surface area contributed by atoms with E-state index >= 15 is 0 Å². The van der Waals surface area contributed by atoms with E-state index in [9.17, 15) is 0 Å². The molecule has 3 heteroatoms. The van der Waals surface area contributed by atoms with Gasteiger partial charge in [0.2, 0.25) is 0 Å². The van der Waals surface area contributed by atoms with E-state index < -0.39 is 0 Å². The summed E-state index contributed by atoms with van der Waals surface area (Å²) in [4.78, 5) is 2.41. The molecule has 0 atom stereocenters. The summed E-state index contributed by atoms with van der Waals surface area (Å²) in [5.41, 5.74) is 0. The second-order valence-corrected chi connectivity index (χ2v) is 4.14. The molecule has 0 saturated carbocycles. The van der Waals surface area contributed by atoms with E-state index in [-0.39, 0.29) is 0 Å². The first kappa shape index (κ1) is 9.30. The molecule has 0 radical (unpaired) electrons. The highest BCUT2D eigenvalue weighted by molar-refractivity contribution is 7.99. The van der Waals surface area contributed by atoms with Gasteiger partial charge in [-0.1, -0.05) is 11.6 Å². The second-order valence-electron chi connectivity index (χ2n) is 2.00. The fraction of sp³-hybridized carbons (Fsp3) is 0.250. The van der Waals surface area contributed by atoms with Crippen molar-refractivity contribution < 1.29 is 0 Å². The highest BCUT2D eigenvalue weighted by Gasteiger charge is 1.98. The molecule has 1 rings (SSSR count). The first-order valence-electron chi connectivity index (χ1n) is 3.15. The summed E-state index contributed by atoms with van der Waals surface area (Å²) in [5, 5.41) is 0.843. The predicted octanol–water partition coefficient (Wildman–Crippen LogP) is 3.78. The molecule has 60 valence electrons. The number of hydrogen-bond acceptors (Lipinski definition) is 2. The van der Waals surface area contributed by atoms with Gasteiger partial charge >= 0.3 is 0 Å². The molecule has 0 N–H and O–H groups in total. The lowest BCUT2D eigenvalue weighted by Gasteiger charge is -2.01. The highest BCUT2D eigenvalue weighted by Crippen LogP contribution is 2.29. The zero-order valence-corrected chi connectivity index (χ0v) is 8.82. The molecule has 1 aromatic carbocycles. The minimum atomic E-state index is 0.843. The van der Waals surface area contributed by atoms with Crippen LogP contribution in [0.2, 0.25) is 5.02 Å². The standard InChI is InChI=1S/C8H9ClS2/c1-10-6-3-4-7(9)8(5-6)11-2/h3-5H,1-2H3. The van der Waals surface area contributed by atoms with Gasteiger partial charge in [-0.25, -0.2) is 0 Å². The smallest absolute Gasteiger partial charge is 0.0542 e. The minimum absolute atomic E-state index is 0.843. The third-order valence-electron chi connectivity index (χ3n) is 1.36. The quantitative estimate of drug-likeness (QED) is 0.673. The monoisotopic (exact) mass is 204 g/mol. The Morgan fingerprint density at radius 3 is 2.45 bits per heavy atom. The Morgan fingerprint density at radius 1 is 1.18 bits per heavy atom. The zero-order chi connectivity index (χ0) is 8.27. The van der Waals surface area contributed by atoms with Crippen LogP contribution in [0.4, 0.5) is 0 Å².